The van der Waals surface area contributed by atoms with Gasteiger partial charge in [-0.25, -0.2) is 19.2 Å². The van der Waals surface area contributed by atoms with Gasteiger partial charge in [0.1, 0.15) is 24.4 Å². The molecule has 18 heteroatoms. The summed E-state index contributed by atoms with van der Waals surface area (Å²) in [5, 5.41) is 5.04. The SMILES string of the molecule is C=[N+]=CC(=O)CC[C@H](NC(=O)OCc1ccc(OC(=O)C2=CN(C)C=CC2)cc1)C(=O)OC(C)C.CC(C)OC(=O)[C@H](CCC(=O)C=[N+]=[N-])NC(=O)C1=CN(C)C=CC1. The summed E-state index contributed by atoms with van der Waals surface area (Å²) in [6, 6.07) is 4.48. The first kappa shape index (κ1) is 48.2. The lowest BCUT2D eigenvalue weighted by molar-refractivity contribution is -0.151. The molecule has 2 heterocycles. The van der Waals surface area contributed by atoms with E-state index in [4.69, 9.17) is 24.5 Å². The molecule has 18 nitrogen and oxygen atoms in total. The van der Waals surface area contributed by atoms with Crippen LogP contribution in [0.4, 0.5) is 4.79 Å². The summed E-state index contributed by atoms with van der Waals surface area (Å²) < 4.78 is 24.2. The number of ether oxygens (including phenoxy) is 4. The van der Waals surface area contributed by atoms with Gasteiger partial charge in [0, 0.05) is 51.3 Å². The highest BCUT2D eigenvalue weighted by Gasteiger charge is 2.27. The number of amides is 2. The molecule has 0 bridgehead atoms. The third kappa shape index (κ3) is 19.2. The van der Waals surface area contributed by atoms with Crippen LogP contribution in [-0.4, -0.2) is 114 Å². The van der Waals surface area contributed by atoms with Gasteiger partial charge in [-0.2, -0.15) is 4.79 Å². The number of esters is 3. The van der Waals surface area contributed by atoms with Crippen molar-refractivity contribution in [3.05, 3.63) is 83.5 Å². The van der Waals surface area contributed by atoms with Gasteiger partial charge >= 0.3 is 36.4 Å². The van der Waals surface area contributed by atoms with E-state index in [2.05, 4.69) is 26.8 Å². The molecule has 1 aromatic carbocycles. The molecule has 0 aromatic heterocycles. The van der Waals surface area contributed by atoms with Gasteiger partial charge in [0.2, 0.25) is 17.5 Å². The molecule has 2 aliphatic heterocycles. The molecule has 0 unspecified atom stereocenters. The van der Waals surface area contributed by atoms with Crippen LogP contribution < -0.4 is 20.0 Å². The fraction of sp³-hybridized carbons (Fsp3) is 0.415. The van der Waals surface area contributed by atoms with Gasteiger partial charge in [0.25, 0.3) is 6.72 Å². The minimum atomic E-state index is -1.06. The average molecular weight is 819 g/mol. The molecule has 2 aliphatic rings. The molecular weight excluding hydrogens is 766 g/mol. The zero-order chi connectivity index (χ0) is 43.9. The summed E-state index contributed by atoms with van der Waals surface area (Å²) in [5.41, 5.74) is 10.0. The number of nitrogens with zero attached hydrogens (tertiary/aromatic N) is 5. The molecule has 1 aromatic rings. The van der Waals surface area contributed by atoms with Gasteiger partial charge in [0.05, 0.1) is 17.8 Å². The molecule has 0 spiro atoms. The van der Waals surface area contributed by atoms with E-state index in [1.807, 2.05) is 31.6 Å². The Kier molecular flexibility index (Phi) is 20.7. The normalized spacial score (nSPS) is 13.8. The second-order valence-corrected chi connectivity index (χ2v) is 13.7. The number of hydrogen-bond acceptors (Lipinski definition) is 13. The quantitative estimate of drug-likeness (QED) is 0.0511. The van der Waals surface area contributed by atoms with Crippen LogP contribution in [0, 0.1) is 0 Å². The Labute approximate surface area is 342 Å². The number of ketones is 2. The molecular formula is C41H52N7O11+. The van der Waals surface area contributed by atoms with E-state index in [0.29, 0.717) is 35.3 Å². The third-order valence-electron chi connectivity index (χ3n) is 7.80. The van der Waals surface area contributed by atoms with Crippen LogP contribution in [0.5, 0.6) is 5.75 Å². The predicted octanol–water partition coefficient (Wildman–Crippen LogP) is 2.87. The van der Waals surface area contributed by atoms with Crippen molar-refractivity contribution in [2.45, 2.75) is 97.1 Å². The van der Waals surface area contributed by atoms with E-state index < -0.39 is 41.9 Å². The maximum absolute atomic E-state index is 12.3. The average Bonchev–Trinajstić information content (AvgIpc) is 3.17. The largest absolute Gasteiger partial charge is 0.461 e. The van der Waals surface area contributed by atoms with E-state index in [9.17, 15) is 33.6 Å². The van der Waals surface area contributed by atoms with Gasteiger partial charge in [-0.15, -0.1) is 4.67 Å². The van der Waals surface area contributed by atoms with Crippen molar-refractivity contribution in [2.75, 3.05) is 14.1 Å². The summed E-state index contributed by atoms with van der Waals surface area (Å²) in [6.07, 6.45) is 11.9. The molecule has 2 atom stereocenters. The summed E-state index contributed by atoms with van der Waals surface area (Å²) >= 11 is 0. The van der Waals surface area contributed by atoms with Crippen LogP contribution in [0.15, 0.2) is 72.4 Å². The molecule has 0 saturated carbocycles. The van der Waals surface area contributed by atoms with E-state index in [1.165, 1.54) is 0 Å². The Hall–Kier alpha value is -6.90. The van der Waals surface area contributed by atoms with E-state index in [0.717, 1.165) is 12.4 Å². The number of nitrogens with one attached hydrogen (secondary N) is 2. The van der Waals surface area contributed by atoms with Crippen molar-refractivity contribution in [1.29, 1.82) is 0 Å². The smallest absolute Gasteiger partial charge is 0.408 e. The van der Waals surface area contributed by atoms with Crippen molar-refractivity contribution in [1.82, 2.24) is 25.1 Å². The van der Waals surface area contributed by atoms with Crippen molar-refractivity contribution < 1.29 is 57.3 Å². The molecule has 0 aliphatic carbocycles. The highest BCUT2D eigenvalue weighted by molar-refractivity contribution is 6.27. The first-order valence-electron chi connectivity index (χ1n) is 18.7. The molecule has 0 saturated heterocycles. The van der Waals surface area contributed by atoms with Crippen LogP contribution in [0.2, 0.25) is 0 Å². The lowest BCUT2D eigenvalue weighted by Gasteiger charge is -2.21. The van der Waals surface area contributed by atoms with Crippen LogP contribution >= 0.6 is 0 Å². The molecule has 316 valence electrons. The van der Waals surface area contributed by atoms with Crippen LogP contribution in [0.25, 0.3) is 5.53 Å². The lowest BCUT2D eigenvalue weighted by Crippen LogP contribution is -2.43. The predicted molar refractivity (Wildman–Crippen MR) is 216 cm³/mol. The highest BCUT2D eigenvalue weighted by atomic mass is 16.6. The Bertz CT molecular complexity index is 1900. The minimum absolute atomic E-state index is 0.0214. The Morgan fingerprint density at radius 2 is 1.29 bits per heavy atom. The summed E-state index contributed by atoms with van der Waals surface area (Å²) in [5.74, 6) is -2.53. The maximum atomic E-state index is 12.3. The molecule has 59 heavy (non-hydrogen) atoms. The number of rotatable bonds is 19. The number of hydrogen-bond donors (Lipinski definition) is 2. The number of carbonyl (C=O) groups excluding carboxylic acids is 7. The monoisotopic (exact) mass is 818 g/mol. The first-order valence-corrected chi connectivity index (χ1v) is 18.7. The zero-order valence-corrected chi connectivity index (χ0v) is 34.1. The van der Waals surface area contributed by atoms with E-state index >= 15 is 0 Å². The number of carbonyl (C=O) groups is 7. The number of benzene rings is 1. The topological polar surface area (TPSA) is 237 Å². The molecule has 2 N–H and O–H groups in total. The lowest BCUT2D eigenvalue weighted by atomic mass is 10.1. The first-order chi connectivity index (χ1) is 28.0. The van der Waals surface area contributed by atoms with E-state index in [-0.39, 0.29) is 56.2 Å². The fourth-order valence-corrected chi connectivity index (χ4v) is 5.07. The third-order valence-corrected chi connectivity index (χ3v) is 7.80. The van der Waals surface area contributed by atoms with Gasteiger partial charge in [-0.3, -0.25) is 14.4 Å². The van der Waals surface area contributed by atoms with Crippen LogP contribution in [0.1, 0.15) is 71.8 Å². The van der Waals surface area contributed by atoms with Gasteiger partial charge < -0.3 is 44.9 Å². The Balaban J connectivity index is 0.000000437. The second-order valence-electron chi connectivity index (χ2n) is 13.7. The molecule has 0 fully saturated rings. The summed E-state index contributed by atoms with van der Waals surface area (Å²) in [7, 11) is 3.61. The number of allylic oxidation sites excluding steroid dienone is 2. The van der Waals surface area contributed by atoms with Gasteiger partial charge in [-0.05, 0) is 77.1 Å². The van der Waals surface area contributed by atoms with Gasteiger partial charge in [0.15, 0.2) is 0 Å². The Morgan fingerprint density at radius 3 is 1.80 bits per heavy atom. The van der Waals surface area contributed by atoms with Gasteiger partial charge in [-0.1, -0.05) is 24.3 Å². The fourth-order valence-electron chi connectivity index (χ4n) is 5.07. The molecule has 3 rings (SSSR count). The number of Topliss-reactive ketones (excluding diaryl/α,β-unsaturated/α-hetero) is 2. The number of alkyl carbamates (subject to hydrolysis) is 1. The van der Waals surface area contributed by atoms with Crippen molar-refractivity contribution in [2.24, 2.45) is 0 Å². The molecule has 2 amide bonds. The summed E-state index contributed by atoms with van der Waals surface area (Å²) in [4.78, 5) is 90.5. The van der Waals surface area contributed by atoms with Crippen molar-refractivity contribution in [3.8, 4) is 5.75 Å². The van der Waals surface area contributed by atoms with E-state index in [1.54, 1.807) is 81.2 Å². The standard InChI is InChI=1S/C25H29N3O7.C16H22N4O4/c1-17(2)34-24(31)22(12-9-20(29)14-26-3)27-25(32)33-16-18-7-10-21(11-8-18)35-23(30)19-6-5-13-28(4)15-19;1-11(2)24-16(23)14(7-6-13(21)9-18-17)19-15(22)12-5-4-8-20(3)10-12/h5,7-8,10-11,13-15,17,22H,3,6,9,12,16H2,1-2,4H3;4,8-11,14H,5-7H2,1-3H3,(H,19,22)/p+1/t22-;14-/m00/s1. The van der Waals surface area contributed by atoms with Crippen molar-refractivity contribution >= 4 is 60.6 Å². The zero-order valence-electron chi connectivity index (χ0n) is 34.1. The van der Waals surface area contributed by atoms with Crippen molar-refractivity contribution in [3.63, 3.8) is 0 Å². The molecule has 0 radical (unpaired) electrons. The Morgan fingerprint density at radius 1 is 0.780 bits per heavy atom. The minimum Gasteiger partial charge on any atom is -0.461 e. The summed E-state index contributed by atoms with van der Waals surface area (Å²) in [6.45, 7) is 9.88. The van der Waals surface area contributed by atoms with Crippen LogP contribution in [0.3, 0.4) is 0 Å². The van der Waals surface area contributed by atoms with Crippen LogP contribution in [-0.2, 0) is 49.6 Å². The maximum Gasteiger partial charge on any atom is 0.408 e. The second kappa shape index (κ2) is 25.4. The highest BCUT2D eigenvalue weighted by Crippen LogP contribution is 2.18.